The van der Waals surface area contributed by atoms with Crippen LogP contribution in [0.15, 0.2) is 28.9 Å². The highest BCUT2D eigenvalue weighted by atomic mass is 35.5. The number of carbonyl (C=O) groups excluding carboxylic acids is 1. The normalized spacial score (nSPS) is 11.8. The molecule has 2 heterocycles. The highest BCUT2D eigenvalue weighted by Crippen LogP contribution is 2.42. The fourth-order valence-electron chi connectivity index (χ4n) is 2.90. The number of hydrogen-bond acceptors (Lipinski definition) is 5. The predicted molar refractivity (Wildman–Crippen MR) is 94.5 cm³/mol. The second kappa shape index (κ2) is 7.96. The first-order valence-electron chi connectivity index (χ1n) is 8.19. The van der Waals surface area contributed by atoms with E-state index >= 15 is 0 Å². The molecule has 0 radical (unpaired) electrons. The van der Waals surface area contributed by atoms with Crippen molar-refractivity contribution in [1.29, 1.82) is 0 Å². The predicted octanol–water partition coefficient (Wildman–Crippen LogP) is 4.75. The monoisotopic (exact) mass is 431 g/mol. The molecule has 0 atom stereocenters. The maximum atomic E-state index is 14.3. The smallest absolute Gasteiger partial charge is 0.380 e. The zero-order valence-electron chi connectivity index (χ0n) is 15.2. The minimum absolute atomic E-state index is 0.00511. The van der Waals surface area contributed by atoms with E-state index in [4.69, 9.17) is 20.9 Å². The summed E-state index contributed by atoms with van der Waals surface area (Å²) >= 11 is 6.06. The van der Waals surface area contributed by atoms with Crippen LogP contribution >= 0.6 is 11.6 Å². The molecule has 154 valence electrons. The van der Waals surface area contributed by atoms with Gasteiger partial charge in [0.05, 0.1) is 41.1 Å². The van der Waals surface area contributed by atoms with E-state index in [0.717, 1.165) is 19.2 Å². The molecule has 0 saturated carbocycles. The van der Waals surface area contributed by atoms with Crippen LogP contribution in [0.25, 0.3) is 22.6 Å². The molecule has 0 saturated heterocycles. The van der Waals surface area contributed by atoms with Crippen molar-refractivity contribution < 1.29 is 31.6 Å². The molecule has 0 fully saturated rings. The molecule has 0 bridgehead atoms. The largest absolute Gasteiger partial charge is 0.433 e. The summed E-state index contributed by atoms with van der Waals surface area (Å²) in [4.78, 5) is 11.3. The van der Waals surface area contributed by atoms with Gasteiger partial charge >= 0.3 is 6.18 Å². The van der Waals surface area contributed by atoms with Gasteiger partial charge in [-0.25, -0.2) is 4.39 Å². The van der Waals surface area contributed by atoms with E-state index in [2.05, 4.69) is 10.3 Å². The van der Waals surface area contributed by atoms with Gasteiger partial charge in [0.15, 0.2) is 17.2 Å². The summed E-state index contributed by atoms with van der Waals surface area (Å²) < 4.78 is 66.2. The lowest BCUT2D eigenvalue weighted by Crippen LogP contribution is -2.18. The topological polar surface area (TPSA) is 70.2 Å². The molecule has 3 aromatic rings. The minimum atomic E-state index is -4.84. The number of rotatable bonds is 6. The van der Waals surface area contributed by atoms with Crippen LogP contribution in [0.5, 0.6) is 0 Å². The van der Waals surface area contributed by atoms with Crippen LogP contribution in [-0.2, 0) is 28.9 Å². The number of alkyl halides is 3. The maximum absolute atomic E-state index is 14.3. The van der Waals surface area contributed by atoms with Gasteiger partial charge in [-0.1, -0.05) is 22.8 Å². The Kier molecular flexibility index (Phi) is 5.76. The van der Waals surface area contributed by atoms with Crippen LogP contribution in [0.2, 0.25) is 5.02 Å². The van der Waals surface area contributed by atoms with E-state index in [1.807, 2.05) is 0 Å². The zero-order chi connectivity index (χ0) is 21.3. The third kappa shape index (κ3) is 4.03. The second-order valence-electron chi connectivity index (χ2n) is 6.13. The van der Waals surface area contributed by atoms with E-state index in [0.29, 0.717) is 4.68 Å². The van der Waals surface area contributed by atoms with Gasteiger partial charge in [0.2, 0.25) is 0 Å². The summed E-state index contributed by atoms with van der Waals surface area (Å²) in [6.45, 7) is 0.340. The molecule has 0 aliphatic carbocycles. The van der Waals surface area contributed by atoms with Crippen molar-refractivity contribution >= 4 is 17.4 Å². The SMILES string of the molecule is COCc1c(-c2c(F)cccc2Cl)noc1-c1cnn(CC(C)=O)c1C(F)(F)F. The summed E-state index contributed by atoms with van der Waals surface area (Å²) in [5, 5.41) is 7.42. The Hall–Kier alpha value is -2.72. The Morgan fingerprint density at radius 3 is 2.66 bits per heavy atom. The molecular weight excluding hydrogens is 418 g/mol. The van der Waals surface area contributed by atoms with Crippen molar-refractivity contribution in [3.63, 3.8) is 0 Å². The average molecular weight is 432 g/mol. The Labute approximate surface area is 167 Å². The summed E-state index contributed by atoms with van der Waals surface area (Å²) in [5.74, 6) is -1.54. The third-order valence-corrected chi connectivity index (χ3v) is 4.32. The van der Waals surface area contributed by atoms with E-state index in [9.17, 15) is 22.4 Å². The number of ether oxygens (including phenoxy) is 1. The van der Waals surface area contributed by atoms with E-state index in [1.165, 1.54) is 19.2 Å². The molecule has 0 aliphatic rings. The first kappa shape index (κ1) is 21.0. The second-order valence-corrected chi connectivity index (χ2v) is 6.54. The molecule has 0 amide bonds. The maximum Gasteiger partial charge on any atom is 0.433 e. The fraction of sp³-hybridized carbons (Fsp3) is 0.278. The number of aromatic nitrogens is 3. The fourth-order valence-corrected chi connectivity index (χ4v) is 3.15. The molecule has 29 heavy (non-hydrogen) atoms. The van der Waals surface area contributed by atoms with Gasteiger partial charge in [-0.15, -0.1) is 0 Å². The standard InChI is InChI=1S/C18H14ClF4N3O3/c1-9(27)7-26-17(18(21,22)23)10(6-24-26)16-11(8-28-2)15(25-29-16)14-12(19)4-3-5-13(14)20/h3-6H,7-8H2,1-2H3. The highest BCUT2D eigenvalue weighted by Gasteiger charge is 2.41. The van der Waals surface area contributed by atoms with E-state index < -0.39 is 35.6 Å². The van der Waals surface area contributed by atoms with Crippen molar-refractivity contribution in [2.45, 2.75) is 26.3 Å². The molecule has 1 aromatic carbocycles. The summed E-state index contributed by atoms with van der Waals surface area (Å²) in [6, 6.07) is 3.93. The molecule has 0 N–H and O–H groups in total. The number of carbonyl (C=O) groups is 1. The molecule has 11 heteroatoms. The van der Waals surface area contributed by atoms with Crippen LogP contribution in [0.4, 0.5) is 17.6 Å². The number of Topliss-reactive ketones (excluding diaryl/α,β-unsaturated/α-hetero) is 1. The van der Waals surface area contributed by atoms with E-state index in [1.54, 1.807) is 0 Å². The van der Waals surface area contributed by atoms with Crippen molar-refractivity contribution in [3.05, 3.63) is 46.5 Å². The average Bonchev–Trinajstić information content (AvgIpc) is 3.19. The Morgan fingerprint density at radius 2 is 2.07 bits per heavy atom. The van der Waals surface area contributed by atoms with Gasteiger partial charge in [-0.3, -0.25) is 9.48 Å². The van der Waals surface area contributed by atoms with Gasteiger partial charge in [0, 0.05) is 7.11 Å². The summed E-state index contributed by atoms with van der Waals surface area (Å²) in [5.41, 5.74) is -1.78. The van der Waals surface area contributed by atoms with Gasteiger partial charge < -0.3 is 9.26 Å². The molecule has 6 nitrogen and oxygen atoms in total. The number of methoxy groups -OCH3 is 1. The first-order valence-corrected chi connectivity index (χ1v) is 8.57. The van der Waals surface area contributed by atoms with Crippen LogP contribution < -0.4 is 0 Å². The number of nitrogens with zero attached hydrogens (tertiary/aromatic N) is 3. The zero-order valence-corrected chi connectivity index (χ0v) is 15.9. The molecule has 2 aromatic heterocycles. The number of ketones is 1. The van der Waals surface area contributed by atoms with Gasteiger partial charge in [-0.05, 0) is 19.1 Å². The Morgan fingerprint density at radius 1 is 1.34 bits per heavy atom. The van der Waals surface area contributed by atoms with Gasteiger partial charge in [0.25, 0.3) is 0 Å². The van der Waals surface area contributed by atoms with Gasteiger partial charge in [-0.2, -0.15) is 18.3 Å². The minimum Gasteiger partial charge on any atom is -0.380 e. The van der Waals surface area contributed by atoms with Crippen LogP contribution in [0, 0.1) is 5.82 Å². The summed E-state index contributed by atoms with van der Waals surface area (Å²) in [6.07, 6.45) is -3.92. The lowest BCUT2D eigenvalue weighted by molar-refractivity contribution is -0.144. The molecule has 0 spiro atoms. The molecule has 3 rings (SSSR count). The lowest BCUT2D eigenvalue weighted by atomic mass is 10.0. The van der Waals surface area contributed by atoms with E-state index in [-0.39, 0.29) is 34.2 Å². The lowest BCUT2D eigenvalue weighted by Gasteiger charge is -2.11. The van der Waals surface area contributed by atoms with Crippen LogP contribution in [0.3, 0.4) is 0 Å². The van der Waals surface area contributed by atoms with Crippen molar-refractivity contribution in [2.24, 2.45) is 0 Å². The number of benzene rings is 1. The Balaban J connectivity index is 2.25. The highest BCUT2D eigenvalue weighted by molar-refractivity contribution is 6.33. The van der Waals surface area contributed by atoms with Crippen LogP contribution in [-0.4, -0.2) is 27.8 Å². The summed E-state index contributed by atoms with van der Waals surface area (Å²) in [7, 11) is 1.31. The molecule has 0 aliphatic heterocycles. The molecular formula is C18H14ClF4N3O3. The van der Waals surface area contributed by atoms with Gasteiger partial charge in [0.1, 0.15) is 11.5 Å². The van der Waals surface area contributed by atoms with Crippen molar-refractivity contribution in [1.82, 2.24) is 14.9 Å². The first-order chi connectivity index (χ1) is 13.6. The van der Waals surface area contributed by atoms with Crippen molar-refractivity contribution in [2.75, 3.05) is 7.11 Å². The quantitative estimate of drug-likeness (QED) is 0.527. The van der Waals surface area contributed by atoms with Crippen molar-refractivity contribution in [3.8, 4) is 22.6 Å². The third-order valence-electron chi connectivity index (χ3n) is 4.00. The number of hydrogen-bond donors (Lipinski definition) is 0. The molecule has 0 unspecified atom stereocenters. The Bertz CT molecular complexity index is 1040. The van der Waals surface area contributed by atoms with Crippen LogP contribution in [0.1, 0.15) is 18.2 Å². The number of halogens is 5.